The van der Waals surface area contributed by atoms with Crippen LogP contribution in [0.3, 0.4) is 0 Å². The third-order valence-electron chi connectivity index (χ3n) is 3.72. The summed E-state index contributed by atoms with van der Waals surface area (Å²) in [7, 11) is 0. The van der Waals surface area contributed by atoms with Crippen LogP contribution < -0.4 is 11.3 Å². The molecule has 1 unspecified atom stereocenters. The molecule has 0 aliphatic heterocycles. The van der Waals surface area contributed by atoms with Crippen LogP contribution in [0.5, 0.6) is 0 Å². The molecule has 2 rings (SSSR count). The maximum atomic E-state index is 14.2. The zero-order chi connectivity index (χ0) is 13.8. The molecule has 0 spiro atoms. The van der Waals surface area contributed by atoms with Crippen LogP contribution in [0.1, 0.15) is 49.3 Å². The van der Waals surface area contributed by atoms with Crippen LogP contribution in [0.4, 0.5) is 8.78 Å². The molecule has 3 N–H and O–H groups in total. The maximum absolute atomic E-state index is 14.2. The number of nitrogens with two attached hydrogens (primary N) is 1. The number of hydrogen-bond donors (Lipinski definition) is 2. The van der Waals surface area contributed by atoms with E-state index < -0.39 is 17.7 Å². The Balaban J connectivity index is 2.41. The Morgan fingerprint density at radius 2 is 2.00 bits per heavy atom. The molecular weight excluding hydrogens is 246 g/mol. The van der Waals surface area contributed by atoms with Gasteiger partial charge in [0.05, 0.1) is 6.04 Å². The lowest BCUT2D eigenvalue weighted by atomic mass is 9.93. The van der Waals surface area contributed by atoms with E-state index in [-0.39, 0.29) is 5.56 Å². The van der Waals surface area contributed by atoms with Crippen LogP contribution >= 0.6 is 0 Å². The van der Waals surface area contributed by atoms with Gasteiger partial charge in [0, 0.05) is 5.56 Å². The van der Waals surface area contributed by atoms with Gasteiger partial charge >= 0.3 is 0 Å². The van der Waals surface area contributed by atoms with Crippen molar-refractivity contribution >= 4 is 0 Å². The van der Waals surface area contributed by atoms with Gasteiger partial charge in [-0.25, -0.2) is 14.2 Å². The first-order valence-corrected chi connectivity index (χ1v) is 6.74. The fourth-order valence-corrected chi connectivity index (χ4v) is 2.62. The Hall–Kier alpha value is -1.26. The van der Waals surface area contributed by atoms with Crippen LogP contribution in [0.25, 0.3) is 0 Å². The molecular formula is C15H20F2N2. The Kier molecular flexibility index (Phi) is 4.66. The molecule has 0 saturated heterocycles. The average Bonchev–Trinajstić information content (AvgIpc) is 2.68. The van der Waals surface area contributed by atoms with Crippen molar-refractivity contribution in [1.82, 2.24) is 5.43 Å². The molecule has 19 heavy (non-hydrogen) atoms. The summed E-state index contributed by atoms with van der Waals surface area (Å²) in [6.07, 6.45) is 7.16. The van der Waals surface area contributed by atoms with Crippen LogP contribution in [-0.4, -0.2) is 0 Å². The minimum atomic E-state index is -0.571. The third kappa shape index (κ3) is 3.01. The van der Waals surface area contributed by atoms with Gasteiger partial charge in [-0.1, -0.05) is 24.1 Å². The highest BCUT2D eigenvalue weighted by Crippen LogP contribution is 2.32. The zero-order valence-electron chi connectivity index (χ0n) is 11.2. The van der Waals surface area contributed by atoms with Crippen molar-refractivity contribution in [3.8, 4) is 0 Å². The van der Waals surface area contributed by atoms with E-state index in [0.29, 0.717) is 5.56 Å². The van der Waals surface area contributed by atoms with E-state index in [1.165, 1.54) is 12.1 Å². The summed E-state index contributed by atoms with van der Waals surface area (Å²) in [6.45, 7) is 1.63. The molecule has 2 nitrogen and oxygen atoms in total. The van der Waals surface area contributed by atoms with Crippen LogP contribution in [0.15, 0.2) is 23.8 Å². The first-order valence-electron chi connectivity index (χ1n) is 6.74. The lowest BCUT2D eigenvalue weighted by Crippen LogP contribution is -2.31. The molecule has 0 radical (unpaired) electrons. The number of rotatable bonds is 3. The van der Waals surface area contributed by atoms with Gasteiger partial charge in [0.25, 0.3) is 0 Å². The normalized spacial score (nSPS) is 17.8. The number of aryl methyl sites for hydroxylation is 1. The van der Waals surface area contributed by atoms with E-state index in [4.69, 9.17) is 5.84 Å². The van der Waals surface area contributed by atoms with Crippen molar-refractivity contribution < 1.29 is 8.78 Å². The second-order valence-electron chi connectivity index (χ2n) is 5.07. The molecule has 0 saturated carbocycles. The third-order valence-corrected chi connectivity index (χ3v) is 3.72. The fraction of sp³-hybridized carbons (Fsp3) is 0.467. The highest BCUT2D eigenvalue weighted by Gasteiger charge is 2.24. The van der Waals surface area contributed by atoms with E-state index in [1.54, 1.807) is 6.92 Å². The van der Waals surface area contributed by atoms with E-state index in [1.807, 2.05) is 0 Å². The highest BCUT2D eigenvalue weighted by atomic mass is 19.1. The van der Waals surface area contributed by atoms with Gasteiger partial charge in [-0.3, -0.25) is 5.84 Å². The molecule has 1 aliphatic rings. The smallest absolute Gasteiger partial charge is 0.134 e. The summed E-state index contributed by atoms with van der Waals surface area (Å²) in [4.78, 5) is 0. The highest BCUT2D eigenvalue weighted by molar-refractivity contribution is 5.34. The topological polar surface area (TPSA) is 38.0 Å². The van der Waals surface area contributed by atoms with Crippen LogP contribution in [-0.2, 0) is 0 Å². The Morgan fingerprint density at radius 3 is 2.74 bits per heavy atom. The monoisotopic (exact) mass is 266 g/mol. The number of allylic oxidation sites excluding steroid dienone is 1. The summed E-state index contributed by atoms with van der Waals surface area (Å²) in [5.74, 6) is 4.50. The molecule has 0 heterocycles. The summed E-state index contributed by atoms with van der Waals surface area (Å²) >= 11 is 0. The van der Waals surface area contributed by atoms with Gasteiger partial charge in [-0.15, -0.1) is 0 Å². The van der Waals surface area contributed by atoms with E-state index in [9.17, 15) is 8.78 Å². The first-order chi connectivity index (χ1) is 9.15. The minimum Gasteiger partial charge on any atom is -0.271 e. The molecule has 0 amide bonds. The lowest BCUT2D eigenvalue weighted by Gasteiger charge is -2.21. The summed E-state index contributed by atoms with van der Waals surface area (Å²) in [5.41, 5.74) is 4.04. The SMILES string of the molecule is Cc1ccc(F)c(C(NN)C2=CCCCCC2)c1F. The van der Waals surface area contributed by atoms with Gasteiger partial charge in [-0.05, 0) is 44.2 Å². The second-order valence-corrected chi connectivity index (χ2v) is 5.07. The van der Waals surface area contributed by atoms with Crippen molar-refractivity contribution in [3.05, 3.63) is 46.5 Å². The molecule has 1 aromatic rings. The van der Waals surface area contributed by atoms with Crippen molar-refractivity contribution in [2.45, 2.75) is 45.1 Å². The number of nitrogens with one attached hydrogen (secondary N) is 1. The predicted octanol–water partition coefficient (Wildman–Crippen LogP) is 3.67. The van der Waals surface area contributed by atoms with E-state index >= 15 is 0 Å². The fourth-order valence-electron chi connectivity index (χ4n) is 2.62. The number of hydrogen-bond acceptors (Lipinski definition) is 2. The van der Waals surface area contributed by atoms with Gasteiger partial charge in [0.2, 0.25) is 0 Å². The summed E-state index contributed by atoms with van der Waals surface area (Å²) in [6, 6.07) is 2.18. The average molecular weight is 266 g/mol. The van der Waals surface area contributed by atoms with Crippen molar-refractivity contribution in [1.29, 1.82) is 0 Å². The lowest BCUT2D eigenvalue weighted by molar-refractivity contribution is 0.494. The first kappa shape index (κ1) is 14.2. The molecule has 1 aromatic carbocycles. The second kappa shape index (κ2) is 6.26. The number of hydrazine groups is 1. The van der Waals surface area contributed by atoms with Crippen LogP contribution in [0, 0.1) is 18.6 Å². The standard InChI is InChI=1S/C15H20F2N2/c1-10-8-9-12(16)13(14(10)17)15(19-18)11-6-4-2-3-5-7-11/h6,8-9,15,19H,2-5,7,18H2,1H3. The molecule has 0 fully saturated rings. The Labute approximate surface area is 112 Å². The molecule has 104 valence electrons. The quantitative estimate of drug-likeness (QED) is 0.497. The van der Waals surface area contributed by atoms with Crippen molar-refractivity contribution in [3.63, 3.8) is 0 Å². The van der Waals surface area contributed by atoms with Gasteiger partial charge < -0.3 is 0 Å². The molecule has 4 heteroatoms. The molecule has 0 bridgehead atoms. The summed E-state index contributed by atoms with van der Waals surface area (Å²) < 4.78 is 28.2. The minimum absolute atomic E-state index is 0.0376. The molecule has 1 aliphatic carbocycles. The number of benzene rings is 1. The van der Waals surface area contributed by atoms with Crippen molar-refractivity contribution in [2.24, 2.45) is 5.84 Å². The maximum Gasteiger partial charge on any atom is 0.134 e. The largest absolute Gasteiger partial charge is 0.271 e. The Bertz CT molecular complexity index is 483. The van der Waals surface area contributed by atoms with E-state index in [2.05, 4.69) is 11.5 Å². The summed E-state index contributed by atoms with van der Waals surface area (Å²) in [5, 5.41) is 0. The predicted molar refractivity (Wildman–Crippen MR) is 72.3 cm³/mol. The van der Waals surface area contributed by atoms with Gasteiger partial charge in [0.15, 0.2) is 0 Å². The van der Waals surface area contributed by atoms with Crippen LogP contribution in [0.2, 0.25) is 0 Å². The van der Waals surface area contributed by atoms with Gasteiger partial charge in [0.1, 0.15) is 11.6 Å². The van der Waals surface area contributed by atoms with E-state index in [0.717, 1.165) is 37.7 Å². The molecule has 1 atom stereocenters. The van der Waals surface area contributed by atoms with Gasteiger partial charge in [-0.2, -0.15) is 0 Å². The molecule has 0 aromatic heterocycles. The van der Waals surface area contributed by atoms with Crippen molar-refractivity contribution in [2.75, 3.05) is 0 Å². The Morgan fingerprint density at radius 1 is 1.21 bits per heavy atom. The zero-order valence-corrected chi connectivity index (χ0v) is 11.2. The number of halogens is 2.